The van der Waals surface area contributed by atoms with Gasteiger partial charge < -0.3 is 15.2 Å². The molecule has 1 aliphatic rings. The fourth-order valence-corrected chi connectivity index (χ4v) is 1.87. The molecule has 0 amide bonds. The van der Waals surface area contributed by atoms with E-state index >= 15 is 0 Å². The largest absolute Gasteiger partial charge is 0.394 e. The van der Waals surface area contributed by atoms with Gasteiger partial charge in [0.15, 0.2) is 0 Å². The van der Waals surface area contributed by atoms with Gasteiger partial charge in [0.25, 0.3) is 0 Å². The molecule has 1 rings (SSSR count). The Hall–Kier alpha value is -0.120. The van der Waals surface area contributed by atoms with Gasteiger partial charge in [-0.3, -0.25) is 0 Å². The molecule has 0 aromatic rings. The van der Waals surface area contributed by atoms with Crippen LogP contribution in [-0.2, 0) is 4.74 Å². The van der Waals surface area contributed by atoms with Gasteiger partial charge in [-0.2, -0.15) is 0 Å². The molecule has 1 saturated carbocycles. The molecule has 0 aromatic heterocycles. The minimum atomic E-state index is 0.124. The second-order valence-electron chi connectivity index (χ2n) is 4.46. The second-order valence-corrected chi connectivity index (χ2v) is 4.46. The monoisotopic (exact) mass is 201 g/mol. The fraction of sp³-hybridized carbons (Fsp3) is 1.00. The van der Waals surface area contributed by atoms with Gasteiger partial charge in [-0.15, -0.1) is 0 Å². The van der Waals surface area contributed by atoms with E-state index in [1.54, 1.807) is 0 Å². The lowest BCUT2D eigenvalue weighted by Crippen LogP contribution is -2.44. The standard InChI is InChI=1S/C11H23NO2/c1-9(2)10-7-11(8-10)12-3-5-14-6-4-13/h9-13H,3-8H2,1-2H3. The van der Waals surface area contributed by atoms with Crippen LogP contribution >= 0.6 is 0 Å². The first kappa shape index (κ1) is 12.0. The summed E-state index contributed by atoms with van der Waals surface area (Å²) in [5, 5.41) is 11.9. The number of hydrogen-bond donors (Lipinski definition) is 2. The van der Waals surface area contributed by atoms with E-state index in [9.17, 15) is 0 Å². The highest BCUT2D eigenvalue weighted by molar-refractivity contribution is 4.86. The predicted octanol–water partition coefficient (Wildman–Crippen LogP) is 1.02. The van der Waals surface area contributed by atoms with E-state index in [1.165, 1.54) is 12.8 Å². The summed E-state index contributed by atoms with van der Waals surface area (Å²) >= 11 is 0. The highest BCUT2D eigenvalue weighted by atomic mass is 16.5. The first-order valence-corrected chi connectivity index (χ1v) is 5.66. The van der Waals surface area contributed by atoms with E-state index in [1.807, 2.05) is 0 Å². The van der Waals surface area contributed by atoms with Crippen LogP contribution in [0.5, 0.6) is 0 Å². The highest BCUT2D eigenvalue weighted by Gasteiger charge is 2.30. The van der Waals surface area contributed by atoms with Gasteiger partial charge in [0.1, 0.15) is 0 Å². The third kappa shape index (κ3) is 3.95. The van der Waals surface area contributed by atoms with Crippen LogP contribution in [-0.4, -0.2) is 37.5 Å². The third-order valence-corrected chi connectivity index (χ3v) is 3.03. The second kappa shape index (κ2) is 6.38. The molecule has 0 bridgehead atoms. The van der Waals surface area contributed by atoms with Crippen LogP contribution < -0.4 is 5.32 Å². The summed E-state index contributed by atoms with van der Waals surface area (Å²) in [6.07, 6.45) is 2.63. The predicted molar refractivity (Wildman–Crippen MR) is 57.3 cm³/mol. The summed E-state index contributed by atoms with van der Waals surface area (Å²) in [7, 11) is 0. The maximum Gasteiger partial charge on any atom is 0.0698 e. The van der Waals surface area contributed by atoms with Crippen molar-refractivity contribution in [2.45, 2.75) is 32.7 Å². The molecular formula is C11H23NO2. The molecule has 0 aliphatic heterocycles. The summed E-state index contributed by atoms with van der Waals surface area (Å²) in [6, 6.07) is 0.708. The average Bonchev–Trinajstić information content (AvgIpc) is 2.06. The van der Waals surface area contributed by atoms with Crippen LogP contribution in [0.25, 0.3) is 0 Å². The summed E-state index contributed by atoms with van der Waals surface area (Å²) in [5.41, 5.74) is 0. The van der Waals surface area contributed by atoms with Crippen molar-refractivity contribution in [3.63, 3.8) is 0 Å². The fourth-order valence-electron chi connectivity index (χ4n) is 1.87. The molecule has 0 heterocycles. The number of ether oxygens (including phenoxy) is 1. The topological polar surface area (TPSA) is 41.5 Å². The lowest BCUT2D eigenvalue weighted by atomic mass is 9.74. The molecule has 1 fully saturated rings. The third-order valence-electron chi connectivity index (χ3n) is 3.03. The Morgan fingerprint density at radius 2 is 2.07 bits per heavy atom. The van der Waals surface area contributed by atoms with Crippen LogP contribution in [0.4, 0.5) is 0 Å². The van der Waals surface area contributed by atoms with Crippen LogP contribution in [0.3, 0.4) is 0 Å². The van der Waals surface area contributed by atoms with Gasteiger partial charge >= 0.3 is 0 Å². The minimum absolute atomic E-state index is 0.124. The SMILES string of the molecule is CC(C)C1CC(NCCOCCO)C1. The maximum absolute atomic E-state index is 8.48. The van der Waals surface area contributed by atoms with Crippen molar-refractivity contribution in [3.05, 3.63) is 0 Å². The smallest absolute Gasteiger partial charge is 0.0698 e. The molecule has 3 nitrogen and oxygen atoms in total. The normalized spacial score (nSPS) is 26.6. The van der Waals surface area contributed by atoms with E-state index in [2.05, 4.69) is 19.2 Å². The van der Waals surface area contributed by atoms with Crippen molar-refractivity contribution < 1.29 is 9.84 Å². The minimum Gasteiger partial charge on any atom is -0.394 e. The van der Waals surface area contributed by atoms with E-state index in [0.29, 0.717) is 19.3 Å². The Morgan fingerprint density at radius 1 is 1.36 bits per heavy atom. The first-order chi connectivity index (χ1) is 6.74. The summed E-state index contributed by atoms with van der Waals surface area (Å²) in [5.74, 6) is 1.75. The quantitative estimate of drug-likeness (QED) is 0.604. The first-order valence-electron chi connectivity index (χ1n) is 5.66. The maximum atomic E-state index is 8.48. The van der Waals surface area contributed by atoms with E-state index in [0.717, 1.165) is 18.4 Å². The average molecular weight is 201 g/mol. The molecule has 14 heavy (non-hydrogen) atoms. The van der Waals surface area contributed by atoms with Gasteiger partial charge in [0, 0.05) is 12.6 Å². The molecule has 3 heteroatoms. The highest BCUT2D eigenvalue weighted by Crippen LogP contribution is 2.33. The number of hydrogen-bond acceptors (Lipinski definition) is 3. The van der Waals surface area contributed by atoms with Crippen molar-refractivity contribution in [1.82, 2.24) is 5.32 Å². The summed E-state index contributed by atoms with van der Waals surface area (Å²) < 4.78 is 5.16. The lowest BCUT2D eigenvalue weighted by molar-refractivity contribution is 0.0857. The number of aliphatic hydroxyl groups is 1. The van der Waals surface area contributed by atoms with Gasteiger partial charge in [-0.25, -0.2) is 0 Å². The van der Waals surface area contributed by atoms with Crippen molar-refractivity contribution in [3.8, 4) is 0 Å². The Kier molecular flexibility index (Phi) is 5.45. The molecule has 1 aliphatic carbocycles. The molecule has 0 spiro atoms. The molecule has 0 atom stereocenters. The Balaban J connectivity index is 1.86. The number of aliphatic hydroxyl groups excluding tert-OH is 1. The number of rotatable bonds is 7. The van der Waals surface area contributed by atoms with E-state index in [4.69, 9.17) is 9.84 Å². The van der Waals surface area contributed by atoms with Crippen LogP contribution in [0.2, 0.25) is 0 Å². The molecule has 0 unspecified atom stereocenters. The Morgan fingerprint density at radius 3 is 2.64 bits per heavy atom. The molecule has 0 aromatic carbocycles. The van der Waals surface area contributed by atoms with Crippen molar-refractivity contribution in [2.24, 2.45) is 11.8 Å². The zero-order valence-electron chi connectivity index (χ0n) is 9.33. The Bertz CT molecular complexity index is 144. The van der Waals surface area contributed by atoms with Gasteiger partial charge in [0.2, 0.25) is 0 Å². The van der Waals surface area contributed by atoms with E-state index in [-0.39, 0.29) is 6.61 Å². The zero-order valence-corrected chi connectivity index (χ0v) is 9.33. The molecule has 84 valence electrons. The lowest BCUT2D eigenvalue weighted by Gasteiger charge is -2.38. The zero-order chi connectivity index (χ0) is 10.4. The van der Waals surface area contributed by atoms with Gasteiger partial charge in [-0.1, -0.05) is 13.8 Å². The van der Waals surface area contributed by atoms with Crippen molar-refractivity contribution >= 4 is 0 Å². The van der Waals surface area contributed by atoms with Crippen LogP contribution in [0.15, 0.2) is 0 Å². The molecular weight excluding hydrogens is 178 g/mol. The van der Waals surface area contributed by atoms with Crippen LogP contribution in [0, 0.1) is 11.8 Å². The van der Waals surface area contributed by atoms with E-state index < -0.39 is 0 Å². The van der Waals surface area contributed by atoms with Crippen LogP contribution in [0.1, 0.15) is 26.7 Å². The number of nitrogens with one attached hydrogen (secondary N) is 1. The molecule has 2 N–H and O–H groups in total. The van der Waals surface area contributed by atoms with Gasteiger partial charge in [0.05, 0.1) is 19.8 Å². The summed E-state index contributed by atoms with van der Waals surface area (Å²) in [4.78, 5) is 0. The molecule has 0 radical (unpaired) electrons. The van der Waals surface area contributed by atoms with Crippen molar-refractivity contribution in [2.75, 3.05) is 26.4 Å². The molecule has 0 saturated heterocycles. The Labute approximate surface area is 86.8 Å². The summed E-state index contributed by atoms with van der Waals surface area (Å²) in [6.45, 7) is 6.80. The van der Waals surface area contributed by atoms with Gasteiger partial charge in [-0.05, 0) is 24.7 Å². The van der Waals surface area contributed by atoms with Crippen molar-refractivity contribution in [1.29, 1.82) is 0 Å².